The number of benzene rings is 1. The first-order valence-corrected chi connectivity index (χ1v) is 7.84. The standard InChI is InChI=1S/C15H14F3NO2S/c1-3-4-12-11(8-21-19-12)14(20)10-6-5-9(15(16,17)18)7-13(10)22-2/h5-8H,3-4H2,1-2H3. The first-order chi connectivity index (χ1) is 10.4. The van der Waals surface area contributed by atoms with Gasteiger partial charge in [0.25, 0.3) is 0 Å². The van der Waals surface area contributed by atoms with Gasteiger partial charge < -0.3 is 4.52 Å². The predicted molar refractivity (Wildman–Crippen MR) is 77.2 cm³/mol. The summed E-state index contributed by atoms with van der Waals surface area (Å²) >= 11 is 1.10. The highest BCUT2D eigenvalue weighted by Crippen LogP contribution is 2.34. The van der Waals surface area contributed by atoms with Crippen molar-refractivity contribution < 1.29 is 22.5 Å². The topological polar surface area (TPSA) is 43.1 Å². The lowest BCUT2D eigenvalue weighted by atomic mass is 10.0. The fourth-order valence-electron chi connectivity index (χ4n) is 2.06. The zero-order valence-electron chi connectivity index (χ0n) is 12.0. The molecule has 0 aliphatic heterocycles. The maximum Gasteiger partial charge on any atom is 0.416 e. The number of nitrogens with zero attached hydrogens (tertiary/aromatic N) is 1. The molecule has 0 atom stereocenters. The Morgan fingerprint density at radius 2 is 2.05 bits per heavy atom. The third-order valence-electron chi connectivity index (χ3n) is 3.15. The number of hydrogen-bond donors (Lipinski definition) is 0. The van der Waals surface area contributed by atoms with Gasteiger partial charge in [0.05, 0.1) is 16.8 Å². The molecular formula is C15H14F3NO2S. The number of carbonyl (C=O) groups excluding carboxylic acids is 1. The van der Waals surface area contributed by atoms with Gasteiger partial charge in [0.15, 0.2) is 5.78 Å². The zero-order chi connectivity index (χ0) is 16.3. The second-order valence-electron chi connectivity index (χ2n) is 4.67. The van der Waals surface area contributed by atoms with Crippen LogP contribution in [0.25, 0.3) is 0 Å². The highest BCUT2D eigenvalue weighted by molar-refractivity contribution is 7.98. The van der Waals surface area contributed by atoms with Crippen LogP contribution in [0.2, 0.25) is 0 Å². The van der Waals surface area contributed by atoms with Gasteiger partial charge >= 0.3 is 6.18 Å². The Kier molecular flexibility index (Phi) is 4.95. The molecule has 0 bridgehead atoms. The van der Waals surface area contributed by atoms with E-state index in [9.17, 15) is 18.0 Å². The maximum absolute atomic E-state index is 12.8. The minimum Gasteiger partial charge on any atom is -0.364 e. The number of aryl methyl sites for hydroxylation is 1. The number of rotatable bonds is 5. The van der Waals surface area contributed by atoms with E-state index in [2.05, 4.69) is 5.16 Å². The van der Waals surface area contributed by atoms with Crippen molar-refractivity contribution in [2.24, 2.45) is 0 Å². The van der Waals surface area contributed by atoms with Crippen LogP contribution >= 0.6 is 11.8 Å². The second-order valence-corrected chi connectivity index (χ2v) is 5.51. The van der Waals surface area contributed by atoms with Gasteiger partial charge in [-0.3, -0.25) is 4.79 Å². The molecule has 7 heteroatoms. The molecule has 2 rings (SSSR count). The van der Waals surface area contributed by atoms with Gasteiger partial charge in [-0.1, -0.05) is 18.5 Å². The highest BCUT2D eigenvalue weighted by atomic mass is 32.2. The van der Waals surface area contributed by atoms with Crippen LogP contribution in [0.4, 0.5) is 13.2 Å². The summed E-state index contributed by atoms with van der Waals surface area (Å²) in [7, 11) is 0. The number of ketones is 1. The average Bonchev–Trinajstić information content (AvgIpc) is 2.93. The molecule has 0 aliphatic rings. The van der Waals surface area contributed by atoms with Gasteiger partial charge in [0, 0.05) is 10.5 Å². The van der Waals surface area contributed by atoms with Crippen molar-refractivity contribution in [2.75, 3.05) is 6.26 Å². The van der Waals surface area contributed by atoms with E-state index in [0.717, 1.165) is 30.3 Å². The van der Waals surface area contributed by atoms with Gasteiger partial charge in [-0.2, -0.15) is 13.2 Å². The Hall–Kier alpha value is -1.76. The summed E-state index contributed by atoms with van der Waals surface area (Å²) < 4.78 is 43.1. The quantitative estimate of drug-likeness (QED) is 0.594. The summed E-state index contributed by atoms with van der Waals surface area (Å²) in [6.07, 6.45) is -0.194. The number of thioether (sulfide) groups is 1. The number of alkyl halides is 3. The van der Waals surface area contributed by atoms with Crippen LogP contribution in [0.5, 0.6) is 0 Å². The Bertz CT molecular complexity index is 680. The van der Waals surface area contributed by atoms with Gasteiger partial charge in [0.2, 0.25) is 0 Å². The molecule has 0 N–H and O–H groups in total. The Morgan fingerprint density at radius 3 is 2.64 bits per heavy atom. The van der Waals surface area contributed by atoms with Crippen molar-refractivity contribution in [2.45, 2.75) is 30.8 Å². The molecule has 0 unspecified atom stereocenters. The van der Waals surface area contributed by atoms with Crippen LogP contribution in [0.15, 0.2) is 33.9 Å². The number of aromatic nitrogens is 1. The molecule has 1 aromatic heterocycles. The molecule has 118 valence electrons. The zero-order valence-corrected chi connectivity index (χ0v) is 12.8. The molecule has 0 radical (unpaired) electrons. The first kappa shape index (κ1) is 16.6. The number of carbonyl (C=O) groups is 1. The first-order valence-electron chi connectivity index (χ1n) is 6.61. The van der Waals surface area contributed by atoms with Crippen LogP contribution in [0.3, 0.4) is 0 Å². The monoisotopic (exact) mass is 329 g/mol. The molecule has 0 saturated heterocycles. The fraction of sp³-hybridized carbons (Fsp3) is 0.333. The Labute approximate surface area is 129 Å². The third-order valence-corrected chi connectivity index (χ3v) is 3.93. The molecule has 1 heterocycles. The Morgan fingerprint density at radius 1 is 1.32 bits per heavy atom. The van der Waals surface area contributed by atoms with Crippen molar-refractivity contribution in [3.63, 3.8) is 0 Å². The summed E-state index contributed by atoms with van der Waals surface area (Å²) in [5.41, 5.74) is 0.282. The highest BCUT2D eigenvalue weighted by Gasteiger charge is 2.31. The lowest BCUT2D eigenvalue weighted by molar-refractivity contribution is -0.137. The maximum atomic E-state index is 12.8. The summed E-state index contributed by atoms with van der Waals surface area (Å²) in [6, 6.07) is 3.12. The van der Waals surface area contributed by atoms with E-state index >= 15 is 0 Å². The van der Waals surface area contributed by atoms with E-state index in [4.69, 9.17) is 4.52 Å². The molecule has 0 fully saturated rings. The smallest absolute Gasteiger partial charge is 0.364 e. The van der Waals surface area contributed by atoms with Crippen molar-refractivity contribution in [1.29, 1.82) is 0 Å². The molecule has 1 aromatic carbocycles. The summed E-state index contributed by atoms with van der Waals surface area (Å²) in [6.45, 7) is 1.94. The summed E-state index contributed by atoms with van der Waals surface area (Å²) in [4.78, 5) is 12.8. The van der Waals surface area contributed by atoms with Gasteiger partial charge in [-0.05, 0) is 30.9 Å². The lowest BCUT2D eigenvalue weighted by Gasteiger charge is -2.11. The number of hydrogen-bond acceptors (Lipinski definition) is 4. The second kappa shape index (κ2) is 6.56. The average molecular weight is 329 g/mol. The normalized spacial score (nSPS) is 11.7. The predicted octanol–water partition coefficient (Wildman–Crippen LogP) is 4.60. The molecule has 0 spiro atoms. The van der Waals surface area contributed by atoms with E-state index < -0.39 is 11.7 Å². The largest absolute Gasteiger partial charge is 0.416 e. The van der Waals surface area contributed by atoms with Crippen LogP contribution in [0.1, 0.15) is 40.5 Å². The minimum atomic E-state index is -4.43. The fourth-order valence-corrected chi connectivity index (χ4v) is 2.69. The SMILES string of the molecule is CCCc1nocc1C(=O)c1ccc(C(F)(F)F)cc1SC. The third kappa shape index (κ3) is 3.35. The molecule has 0 aliphatic carbocycles. The van der Waals surface area contributed by atoms with Crippen molar-refractivity contribution >= 4 is 17.5 Å². The van der Waals surface area contributed by atoms with Gasteiger partial charge in [0.1, 0.15) is 6.26 Å². The minimum absolute atomic E-state index is 0.223. The van der Waals surface area contributed by atoms with Crippen LogP contribution < -0.4 is 0 Å². The van der Waals surface area contributed by atoms with Crippen molar-refractivity contribution in [3.05, 3.63) is 46.8 Å². The summed E-state index contributed by atoms with van der Waals surface area (Å²) in [5, 5.41) is 3.78. The van der Waals surface area contributed by atoms with E-state index in [1.807, 2.05) is 6.92 Å². The van der Waals surface area contributed by atoms with E-state index in [-0.39, 0.29) is 16.2 Å². The van der Waals surface area contributed by atoms with E-state index in [0.29, 0.717) is 17.7 Å². The van der Waals surface area contributed by atoms with Crippen LogP contribution in [-0.2, 0) is 12.6 Å². The van der Waals surface area contributed by atoms with Gasteiger partial charge in [-0.25, -0.2) is 0 Å². The molecular weight excluding hydrogens is 315 g/mol. The lowest BCUT2D eigenvalue weighted by Crippen LogP contribution is -2.09. The van der Waals surface area contributed by atoms with E-state index in [1.54, 1.807) is 6.26 Å². The summed E-state index contributed by atoms with van der Waals surface area (Å²) in [5.74, 6) is -0.372. The molecule has 0 amide bonds. The van der Waals surface area contributed by atoms with Gasteiger partial charge in [-0.15, -0.1) is 11.8 Å². The van der Waals surface area contributed by atoms with Crippen LogP contribution in [0, 0.1) is 0 Å². The molecule has 2 aromatic rings. The van der Waals surface area contributed by atoms with Crippen molar-refractivity contribution in [3.8, 4) is 0 Å². The van der Waals surface area contributed by atoms with E-state index in [1.165, 1.54) is 12.3 Å². The Balaban J connectivity index is 2.43. The molecule has 22 heavy (non-hydrogen) atoms. The van der Waals surface area contributed by atoms with Crippen molar-refractivity contribution in [1.82, 2.24) is 5.16 Å². The number of halogens is 3. The van der Waals surface area contributed by atoms with Crippen LogP contribution in [-0.4, -0.2) is 17.2 Å². The molecule has 0 saturated carbocycles. The molecule has 3 nitrogen and oxygen atoms in total.